The molecule has 2 rings (SSSR count). The molecule has 5 nitrogen and oxygen atoms in total. The molecular weight excluding hydrogens is 258 g/mol. The smallest absolute Gasteiger partial charge is 0.288 e. The Bertz CT molecular complexity index is 647. The van der Waals surface area contributed by atoms with Gasteiger partial charge in [0, 0.05) is 17.7 Å². The summed E-state index contributed by atoms with van der Waals surface area (Å²) in [6.07, 6.45) is 1.03. The Morgan fingerprint density at radius 2 is 2.00 bits per heavy atom. The lowest BCUT2D eigenvalue weighted by molar-refractivity contribution is -0.385. The number of nitrogens with zero attached hydrogens (tertiary/aromatic N) is 2. The summed E-state index contributed by atoms with van der Waals surface area (Å²) in [5, 5.41) is 10.5. The fourth-order valence-corrected chi connectivity index (χ4v) is 1.41. The molecule has 19 heavy (non-hydrogen) atoms. The molecule has 0 aliphatic carbocycles. The van der Waals surface area contributed by atoms with Crippen molar-refractivity contribution in [2.24, 2.45) is 0 Å². The molecular formula is C12H8F2N2O3. The van der Waals surface area contributed by atoms with Crippen molar-refractivity contribution < 1.29 is 18.4 Å². The Kier molecular flexibility index (Phi) is 3.37. The number of hydrogen-bond acceptors (Lipinski definition) is 4. The van der Waals surface area contributed by atoms with Crippen LogP contribution in [0.3, 0.4) is 0 Å². The maximum Gasteiger partial charge on any atom is 0.288 e. The maximum atomic E-state index is 13.0. The highest BCUT2D eigenvalue weighted by Gasteiger charge is 2.12. The van der Waals surface area contributed by atoms with E-state index in [1.807, 2.05) is 0 Å². The van der Waals surface area contributed by atoms with Gasteiger partial charge in [0.25, 0.3) is 5.69 Å². The molecule has 98 valence electrons. The average molecular weight is 266 g/mol. The van der Waals surface area contributed by atoms with Crippen LogP contribution in [-0.2, 0) is 0 Å². The third kappa shape index (κ3) is 2.82. The van der Waals surface area contributed by atoms with Crippen LogP contribution in [0.25, 0.3) is 0 Å². The number of pyridine rings is 1. The van der Waals surface area contributed by atoms with E-state index in [9.17, 15) is 18.9 Å². The second-order valence-electron chi connectivity index (χ2n) is 3.75. The van der Waals surface area contributed by atoms with E-state index in [4.69, 9.17) is 4.74 Å². The SMILES string of the molecule is Cc1cc([N+](=O)[O-])cnc1Oc1ccc(F)c(F)c1. The van der Waals surface area contributed by atoms with Crippen molar-refractivity contribution in [2.75, 3.05) is 0 Å². The highest BCUT2D eigenvalue weighted by molar-refractivity contribution is 5.39. The van der Waals surface area contributed by atoms with E-state index in [2.05, 4.69) is 4.98 Å². The second kappa shape index (κ2) is 4.97. The molecule has 0 saturated carbocycles. The lowest BCUT2D eigenvalue weighted by atomic mass is 10.3. The normalized spacial score (nSPS) is 10.3. The zero-order valence-corrected chi connectivity index (χ0v) is 9.76. The standard InChI is InChI=1S/C12H8F2N2O3/c1-7-4-8(16(17)18)6-15-12(7)19-9-2-3-10(13)11(14)5-9/h2-6H,1H3. The summed E-state index contributed by atoms with van der Waals surface area (Å²) in [4.78, 5) is 13.7. The van der Waals surface area contributed by atoms with Gasteiger partial charge < -0.3 is 4.74 Å². The molecule has 0 unspecified atom stereocenters. The van der Waals surface area contributed by atoms with Crippen molar-refractivity contribution in [1.29, 1.82) is 0 Å². The van der Waals surface area contributed by atoms with E-state index in [0.29, 0.717) is 5.56 Å². The summed E-state index contributed by atoms with van der Waals surface area (Å²) in [6, 6.07) is 4.31. The largest absolute Gasteiger partial charge is 0.439 e. The van der Waals surface area contributed by atoms with Gasteiger partial charge in [0.1, 0.15) is 11.9 Å². The van der Waals surface area contributed by atoms with Crippen LogP contribution >= 0.6 is 0 Å². The third-order valence-electron chi connectivity index (χ3n) is 2.33. The molecule has 0 amide bonds. The highest BCUT2D eigenvalue weighted by atomic mass is 19.2. The number of ether oxygens (including phenoxy) is 1. The molecule has 7 heteroatoms. The monoisotopic (exact) mass is 266 g/mol. The summed E-state index contributed by atoms with van der Waals surface area (Å²) in [5.41, 5.74) is 0.245. The van der Waals surface area contributed by atoms with Crippen LogP contribution in [-0.4, -0.2) is 9.91 Å². The van der Waals surface area contributed by atoms with Crippen molar-refractivity contribution in [3.63, 3.8) is 0 Å². The van der Waals surface area contributed by atoms with Crippen LogP contribution in [0.2, 0.25) is 0 Å². The van der Waals surface area contributed by atoms with Gasteiger partial charge in [-0.2, -0.15) is 0 Å². The first kappa shape index (κ1) is 12.9. The fraction of sp³-hybridized carbons (Fsp3) is 0.0833. The topological polar surface area (TPSA) is 65.3 Å². The van der Waals surface area contributed by atoms with Gasteiger partial charge in [0.05, 0.1) is 4.92 Å². The zero-order chi connectivity index (χ0) is 14.0. The van der Waals surface area contributed by atoms with Gasteiger partial charge in [0.2, 0.25) is 5.88 Å². The van der Waals surface area contributed by atoms with E-state index < -0.39 is 16.6 Å². The number of rotatable bonds is 3. The third-order valence-corrected chi connectivity index (χ3v) is 2.33. The van der Waals surface area contributed by atoms with Crippen LogP contribution in [0, 0.1) is 28.7 Å². The van der Waals surface area contributed by atoms with E-state index in [1.165, 1.54) is 12.1 Å². The van der Waals surface area contributed by atoms with Gasteiger partial charge in [-0.15, -0.1) is 0 Å². The lowest BCUT2D eigenvalue weighted by Gasteiger charge is -2.07. The predicted molar refractivity (Wildman–Crippen MR) is 62.1 cm³/mol. The van der Waals surface area contributed by atoms with Crippen LogP contribution in [0.1, 0.15) is 5.56 Å². The number of hydrogen-bond donors (Lipinski definition) is 0. The minimum absolute atomic E-state index is 0.0587. The Morgan fingerprint density at radius 3 is 2.58 bits per heavy atom. The predicted octanol–water partition coefficient (Wildman–Crippen LogP) is 3.37. The van der Waals surface area contributed by atoms with E-state index >= 15 is 0 Å². The molecule has 0 atom stereocenters. The summed E-state index contributed by atoms with van der Waals surface area (Å²) in [7, 11) is 0. The van der Waals surface area contributed by atoms with Crippen LogP contribution < -0.4 is 4.74 Å². The van der Waals surface area contributed by atoms with Gasteiger partial charge in [-0.1, -0.05) is 0 Å². The molecule has 0 saturated heterocycles. The van der Waals surface area contributed by atoms with Crippen molar-refractivity contribution in [3.05, 3.63) is 57.8 Å². The van der Waals surface area contributed by atoms with E-state index in [1.54, 1.807) is 6.92 Å². The second-order valence-corrected chi connectivity index (χ2v) is 3.75. The van der Waals surface area contributed by atoms with E-state index in [0.717, 1.165) is 18.3 Å². The fourth-order valence-electron chi connectivity index (χ4n) is 1.41. The Labute approximate surface area is 106 Å². The van der Waals surface area contributed by atoms with Crippen LogP contribution in [0.4, 0.5) is 14.5 Å². The van der Waals surface area contributed by atoms with Crippen molar-refractivity contribution in [1.82, 2.24) is 4.98 Å². The maximum absolute atomic E-state index is 13.0. The first-order valence-electron chi connectivity index (χ1n) is 5.21. The minimum atomic E-state index is -1.04. The van der Waals surface area contributed by atoms with Crippen molar-refractivity contribution >= 4 is 5.69 Å². The number of benzene rings is 1. The number of aromatic nitrogens is 1. The number of aryl methyl sites for hydroxylation is 1. The molecule has 1 heterocycles. The summed E-state index contributed by atoms with van der Waals surface area (Å²) < 4.78 is 31.0. The molecule has 0 spiro atoms. The molecule has 0 N–H and O–H groups in total. The first-order chi connectivity index (χ1) is 8.97. The Morgan fingerprint density at radius 1 is 1.26 bits per heavy atom. The van der Waals surface area contributed by atoms with Crippen molar-refractivity contribution in [2.45, 2.75) is 6.92 Å². The van der Waals surface area contributed by atoms with Crippen molar-refractivity contribution in [3.8, 4) is 11.6 Å². The molecule has 0 aliphatic heterocycles. The molecule has 0 bridgehead atoms. The first-order valence-corrected chi connectivity index (χ1v) is 5.21. The molecule has 1 aromatic carbocycles. The molecule has 2 aromatic rings. The zero-order valence-electron chi connectivity index (χ0n) is 9.76. The molecule has 0 aliphatic rings. The molecule has 0 radical (unpaired) electrons. The van der Waals surface area contributed by atoms with Gasteiger partial charge in [-0.25, -0.2) is 13.8 Å². The summed E-state index contributed by atoms with van der Waals surface area (Å²) in [6.45, 7) is 1.56. The van der Waals surface area contributed by atoms with Crippen LogP contribution in [0.5, 0.6) is 11.6 Å². The van der Waals surface area contributed by atoms with E-state index in [-0.39, 0.29) is 17.3 Å². The number of nitro groups is 1. The van der Waals surface area contributed by atoms with Gasteiger partial charge in [0.15, 0.2) is 11.6 Å². The summed E-state index contributed by atoms with van der Waals surface area (Å²) >= 11 is 0. The lowest BCUT2D eigenvalue weighted by Crippen LogP contribution is -1.95. The van der Waals surface area contributed by atoms with Gasteiger partial charge >= 0.3 is 0 Å². The molecule has 1 aromatic heterocycles. The summed E-state index contributed by atoms with van der Waals surface area (Å²) in [5.74, 6) is -1.88. The average Bonchev–Trinajstić information content (AvgIpc) is 2.36. The van der Waals surface area contributed by atoms with Gasteiger partial charge in [-0.3, -0.25) is 10.1 Å². The quantitative estimate of drug-likeness (QED) is 0.631. The Hall–Kier alpha value is -2.57. The van der Waals surface area contributed by atoms with Gasteiger partial charge in [-0.05, 0) is 19.1 Å². The van der Waals surface area contributed by atoms with Crippen LogP contribution in [0.15, 0.2) is 30.5 Å². The Balaban J connectivity index is 2.28. The number of halogens is 2. The highest BCUT2D eigenvalue weighted by Crippen LogP contribution is 2.26. The minimum Gasteiger partial charge on any atom is -0.439 e. The molecule has 0 fully saturated rings.